The van der Waals surface area contributed by atoms with Crippen LogP contribution in [0.3, 0.4) is 0 Å². The summed E-state index contributed by atoms with van der Waals surface area (Å²) < 4.78 is 24.6. The summed E-state index contributed by atoms with van der Waals surface area (Å²) in [5, 5.41) is 17.5. The molecule has 2 aromatic carbocycles. The monoisotopic (exact) mass is 827 g/mol. The fourth-order valence-corrected chi connectivity index (χ4v) is 20.7. The van der Waals surface area contributed by atoms with E-state index in [1.165, 1.54) is 151 Å². The van der Waals surface area contributed by atoms with E-state index < -0.39 is 36.3 Å². The topological polar surface area (TPSA) is 109 Å². The van der Waals surface area contributed by atoms with E-state index in [-0.39, 0.29) is 20.9 Å². The zero-order chi connectivity index (χ0) is 41.6. The number of carboxylic acid groups (broad SMARTS) is 2. The van der Waals surface area contributed by atoms with E-state index in [1.807, 2.05) is 0 Å². The van der Waals surface area contributed by atoms with Gasteiger partial charge in [-0.3, -0.25) is 0 Å². The van der Waals surface area contributed by atoms with Gasteiger partial charge in [0.1, 0.15) is 0 Å². The van der Waals surface area contributed by atoms with Crippen molar-refractivity contribution in [2.75, 3.05) is 49.3 Å². The van der Waals surface area contributed by atoms with Crippen LogP contribution >= 0.6 is 14.5 Å². The van der Waals surface area contributed by atoms with Crippen LogP contribution in [0.25, 0.3) is 0 Å². The van der Waals surface area contributed by atoms with Crippen LogP contribution in [0.15, 0.2) is 58.3 Å². The molecule has 55 heavy (non-hydrogen) atoms. The Morgan fingerprint density at radius 2 is 0.582 bits per heavy atom. The number of hydrogen-bond donors (Lipinski definition) is 2. The molecule has 6 nitrogen and oxygen atoms in total. The van der Waals surface area contributed by atoms with Crippen LogP contribution in [-0.2, 0) is 9.84 Å². The maximum atomic E-state index is 12.3. The molecule has 320 valence electrons. The molecule has 9 heteroatoms. The van der Waals surface area contributed by atoms with Gasteiger partial charge in [0.05, 0.1) is 20.9 Å². The van der Waals surface area contributed by atoms with Crippen molar-refractivity contribution < 1.29 is 28.2 Å². The van der Waals surface area contributed by atoms with Crippen molar-refractivity contribution in [2.24, 2.45) is 0 Å². The summed E-state index contributed by atoms with van der Waals surface area (Å²) in [6.07, 6.45) is 36.3. The molecular weight excluding hydrogens is 743 g/mol. The van der Waals surface area contributed by atoms with Crippen molar-refractivity contribution in [3.8, 4) is 0 Å². The summed E-state index contributed by atoms with van der Waals surface area (Å²) in [6.45, 7) is 18.9. The Bertz CT molecular complexity index is 1200. The normalized spacial score (nSPS) is 12.2. The Balaban J connectivity index is 0.000000804. The predicted octanol–water partition coefficient (Wildman–Crippen LogP) is 13.8. The van der Waals surface area contributed by atoms with Gasteiger partial charge in [-0.2, -0.15) is 0 Å². The fourth-order valence-electron chi connectivity index (χ4n) is 7.60. The number of unbranched alkanes of at least 4 members (excludes halogenated alkanes) is 8. The molecular formula is C46H84O6P2S. The maximum absolute atomic E-state index is 12.3. The molecule has 0 aromatic heterocycles. The minimum atomic E-state index is -3.81. The maximum Gasteiger partial charge on any atom is 0.335 e. The second kappa shape index (κ2) is 31.2. The number of aromatic carboxylic acids is 2. The first kappa shape index (κ1) is 53.2. The number of carboxylic acids is 2. The van der Waals surface area contributed by atoms with E-state index in [2.05, 4.69) is 55.4 Å². The Labute approximate surface area is 340 Å². The third-order valence-electron chi connectivity index (χ3n) is 11.3. The molecule has 0 atom stereocenters. The SMILES string of the molecule is CCCC[PH](CCCC)(CCCC)CCCC.CCCC[PH](CCCC)(CCCC)CCCC.O=C(O)c1ccc(S(=O)(=O)c2ccc(C(=O)O)cc2)cc1. The summed E-state index contributed by atoms with van der Waals surface area (Å²) in [5.74, 6) is -2.30. The second-order valence-electron chi connectivity index (χ2n) is 16.0. The number of hydrogen-bond acceptors (Lipinski definition) is 4. The van der Waals surface area contributed by atoms with Crippen molar-refractivity contribution in [1.29, 1.82) is 0 Å². The van der Waals surface area contributed by atoms with Gasteiger partial charge in [0, 0.05) is 0 Å². The van der Waals surface area contributed by atoms with E-state index in [4.69, 9.17) is 10.2 Å². The molecule has 0 aliphatic rings. The van der Waals surface area contributed by atoms with Gasteiger partial charge in [-0.25, -0.2) is 18.0 Å². The van der Waals surface area contributed by atoms with Crippen molar-refractivity contribution in [1.82, 2.24) is 0 Å². The number of rotatable bonds is 28. The average Bonchev–Trinajstić information content (AvgIpc) is 3.20. The van der Waals surface area contributed by atoms with E-state index in [1.54, 1.807) is 49.3 Å². The van der Waals surface area contributed by atoms with Gasteiger partial charge < -0.3 is 10.2 Å². The Morgan fingerprint density at radius 3 is 0.727 bits per heavy atom. The molecule has 0 heterocycles. The van der Waals surface area contributed by atoms with E-state index in [9.17, 15) is 18.0 Å². The molecule has 0 amide bonds. The van der Waals surface area contributed by atoms with Gasteiger partial charge in [0.25, 0.3) is 0 Å². The number of carbonyl (C=O) groups is 2. The van der Waals surface area contributed by atoms with Crippen LogP contribution in [0, 0.1) is 0 Å². The van der Waals surface area contributed by atoms with Crippen LogP contribution in [-0.4, -0.2) is 79.9 Å². The standard InChI is InChI=1S/2C16H37P.C14H10O6S/c2*1-5-9-13-17(14-10-6-2,15-11-7-3)16-12-8-4;15-13(16)9-1-5-11(6-2-9)21(19,20)12-7-3-10(4-8-12)14(17)18/h2*17H,5-16H2,1-4H3;1-8H,(H,15,16)(H,17,18). The van der Waals surface area contributed by atoms with E-state index >= 15 is 0 Å². The minimum Gasteiger partial charge on any atom is -0.478 e. The summed E-state index contributed by atoms with van der Waals surface area (Å²) >= 11 is 0. The first-order valence-corrected chi connectivity index (χ1v) is 29.4. The first-order chi connectivity index (χ1) is 26.3. The summed E-state index contributed by atoms with van der Waals surface area (Å²) in [7, 11) is -5.57. The molecule has 2 aromatic rings. The van der Waals surface area contributed by atoms with Gasteiger partial charge in [-0.15, -0.1) is 0 Å². The number of sulfone groups is 1. The molecule has 0 aliphatic carbocycles. The van der Waals surface area contributed by atoms with Crippen molar-refractivity contribution >= 4 is 36.3 Å². The van der Waals surface area contributed by atoms with Gasteiger partial charge in [0.2, 0.25) is 9.84 Å². The predicted molar refractivity (Wildman–Crippen MR) is 247 cm³/mol. The van der Waals surface area contributed by atoms with Gasteiger partial charge in [-0.1, -0.05) is 0 Å². The van der Waals surface area contributed by atoms with Crippen LogP contribution in [0.5, 0.6) is 0 Å². The van der Waals surface area contributed by atoms with E-state index in [0.717, 1.165) is 0 Å². The third-order valence-corrected chi connectivity index (χ3v) is 24.4. The molecule has 0 fully saturated rings. The van der Waals surface area contributed by atoms with Crippen LogP contribution in [0.2, 0.25) is 0 Å². The van der Waals surface area contributed by atoms with Crippen LogP contribution < -0.4 is 0 Å². The smallest absolute Gasteiger partial charge is 0.335 e. The Morgan fingerprint density at radius 1 is 0.400 bits per heavy atom. The summed E-state index contributed by atoms with van der Waals surface area (Å²) in [6, 6.07) is 9.57. The zero-order valence-corrected chi connectivity index (χ0v) is 39.3. The Kier molecular flexibility index (Phi) is 30.2. The average molecular weight is 827 g/mol. The van der Waals surface area contributed by atoms with E-state index in [0.29, 0.717) is 0 Å². The van der Waals surface area contributed by atoms with Crippen molar-refractivity contribution in [2.45, 2.75) is 168 Å². The molecule has 2 rings (SSSR count). The molecule has 0 saturated heterocycles. The van der Waals surface area contributed by atoms with Crippen LogP contribution in [0.1, 0.15) is 179 Å². The van der Waals surface area contributed by atoms with Crippen LogP contribution in [0.4, 0.5) is 0 Å². The molecule has 0 spiro atoms. The fraction of sp³-hybridized carbons (Fsp3) is 0.696. The second-order valence-corrected chi connectivity index (χ2v) is 27.9. The van der Waals surface area contributed by atoms with Crippen molar-refractivity contribution in [3.63, 3.8) is 0 Å². The molecule has 0 radical (unpaired) electrons. The minimum absolute atomic E-state index is 0.0184. The van der Waals surface area contributed by atoms with Gasteiger partial charge in [0.15, 0.2) is 0 Å². The zero-order valence-electron chi connectivity index (χ0n) is 36.5. The number of benzene rings is 2. The van der Waals surface area contributed by atoms with Crippen molar-refractivity contribution in [3.05, 3.63) is 59.7 Å². The summed E-state index contributed by atoms with van der Waals surface area (Å²) in [4.78, 5) is 21.3. The molecule has 0 aliphatic heterocycles. The summed E-state index contributed by atoms with van der Waals surface area (Å²) in [5.41, 5.74) is -0.0367. The third kappa shape index (κ3) is 21.5. The first-order valence-electron chi connectivity index (χ1n) is 22.2. The molecule has 2 N–H and O–H groups in total. The Hall–Kier alpha value is -1.81. The quantitative estimate of drug-likeness (QED) is 0.0827. The largest absolute Gasteiger partial charge is 0.478 e. The molecule has 0 saturated carbocycles. The molecule has 0 unspecified atom stereocenters. The molecule has 0 bridgehead atoms. The van der Waals surface area contributed by atoms with Gasteiger partial charge >= 0.3 is 234 Å². The van der Waals surface area contributed by atoms with Gasteiger partial charge in [-0.05, 0) is 48.5 Å².